The van der Waals surface area contributed by atoms with Crippen LogP contribution in [0.25, 0.3) is 0 Å². The van der Waals surface area contributed by atoms with Crippen LogP contribution in [0.1, 0.15) is 12.8 Å². The Balaban J connectivity index is 1.69. The van der Waals surface area contributed by atoms with Gasteiger partial charge in [-0.2, -0.15) is 5.10 Å². The van der Waals surface area contributed by atoms with Gasteiger partial charge in [-0.25, -0.2) is 0 Å². The Morgan fingerprint density at radius 1 is 1.21 bits per heavy atom. The second-order valence-electron chi connectivity index (χ2n) is 4.13. The van der Waals surface area contributed by atoms with Crippen molar-refractivity contribution in [3.05, 3.63) is 40.5 Å². The van der Waals surface area contributed by atoms with Gasteiger partial charge in [0.15, 0.2) is 0 Å². The molecular formula is C13H15Cl2N3O. The van der Waals surface area contributed by atoms with Crippen LogP contribution in [0.5, 0.6) is 5.75 Å². The lowest BCUT2D eigenvalue weighted by Crippen LogP contribution is -2.03. The molecule has 0 amide bonds. The SMILES string of the molecule is Nc1ccn(CCCCOc2ccc(Cl)cc2Cl)n1. The van der Waals surface area contributed by atoms with Crippen LogP contribution in [0.3, 0.4) is 0 Å². The first-order chi connectivity index (χ1) is 9.15. The molecule has 0 fully saturated rings. The summed E-state index contributed by atoms with van der Waals surface area (Å²) in [6.07, 6.45) is 3.75. The summed E-state index contributed by atoms with van der Waals surface area (Å²) < 4.78 is 7.41. The normalized spacial score (nSPS) is 10.6. The average molecular weight is 300 g/mol. The molecule has 0 atom stereocenters. The first-order valence-corrected chi connectivity index (χ1v) is 6.77. The standard InChI is InChI=1S/C13H15Cl2N3O/c14-10-3-4-12(11(15)9-10)19-8-2-1-6-18-7-5-13(16)17-18/h3-5,7,9H,1-2,6,8H2,(H2,16,17). The van der Waals surface area contributed by atoms with Crippen LogP contribution in [0.4, 0.5) is 5.82 Å². The first kappa shape index (κ1) is 14.0. The summed E-state index contributed by atoms with van der Waals surface area (Å²) in [4.78, 5) is 0. The van der Waals surface area contributed by atoms with E-state index in [-0.39, 0.29) is 0 Å². The largest absolute Gasteiger partial charge is 0.492 e. The lowest BCUT2D eigenvalue weighted by Gasteiger charge is -2.08. The molecule has 0 aliphatic heterocycles. The Morgan fingerprint density at radius 2 is 2.05 bits per heavy atom. The molecule has 2 N–H and O–H groups in total. The van der Waals surface area contributed by atoms with Crippen LogP contribution in [0.15, 0.2) is 30.5 Å². The Hall–Kier alpha value is -1.39. The summed E-state index contributed by atoms with van der Waals surface area (Å²) in [5, 5.41) is 5.25. The van der Waals surface area contributed by atoms with Crippen LogP contribution in [-0.4, -0.2) is 16.4 Å². The summed E-state index contributed by atoms with van der Waals surface area (Å²) in [6, 6.07) is 6.99. The van der Waals surface area contributed by atoms with Crippen molar-refractivity contribution < 1.29 is 4.74 Å². The molecule has 1 aromatic heterocycles. The van der Waals surface area contributed by atoms with E-state index in [0.29, 0.717) is 28.2 Å². The number of anilines is 1. The highest BCUT2D eigenvalue weighted by molar-refractivity contribution is 6.35. The maximum atomic E-state index is 6.00. The Kier molecular flexibility index (Phi) is 4.93. The van der Waals surface area contributed by atoms with Crippen molar-refractivity contribution in [2.24, 2.45) is 0 Å². The molecule has 0 aliphatic rings. The van der Waals surface area contributed by atoms with Gasteiger partial charge >= 0.3 is 0 Å². The average Bonchev–Trinajstić information content (AvgIpc) is 2.77. The number of nitrogen functional groups attached to an aromatic ring is 1. The van der Waals surface area contributed by atoms with E-state index in [1.165, 1.54) is 0 Å². The van der Waals surface area contributed by atoms with Gasteiger partial charge in [0.2, 0.25) is 0 Å². The van der Waals surface area contributed by atoms with Crippen LogP contribution in [0, 0.1) is 0 Å². The number of nitrogens with two attached hydrogens (primary N) is 1. The minimum absolute atomic E-state index is 0.535. The molecule has 6 heteroatoms. The second-order valence-corrected chi connectivity index (χ2v) is 4.98. The zero-order valence-corrected chi connectivity index (χ0v) is 11.9. The minimum Gasteiger partial charge on any atom is -0.492 e. The summed E-state index contributed by atoms with van der Waals surface area (Å²) in [6.45, 7) is 1.44. The Labute approximate surface area is 122 Å². The molecule has 0 saturated heterocycles. The number of nitrogens with zero attached hydrogens (tertiary/aromatic N) is 2. The molecule has 0 bridgehead atoms. The Morgan fingerprint density at radius 3 is 2.74 bits per heavy atom. The van der Waals surface area contributed by atoms with Gasteiger partial charge in [0.1, 0.15) is 11.6 Å². The maximum Gasteiger partial charge on any atom is 0.145 e. The molecule has 0 saturated carbocycles. The fraction of sp³-hybridized carbons (Fsp3) is 0.308. The van der Waals surface area contributed by atoms with Crippen molar-refractivity contribution in [1.29, 1.82) is 0 Å². The molecule has 1 heterocycles. The predicted molar refractivity (Wildman–Crippen MR) is 77.8 cm³/mol. The molecule has 2 rings (SSSR count). The zero-order chi connectivity index (χ0) is 13.7. The van der Waals surface area contributed by atoms with Gasteiger partial charge in [-0.1, -0.05) is 23.2 Å². The first-order valence-electron chi connectivity index (χ1n) is 6.02. The fourth-order valence-electron chi connectivity index (χ4n) is 1.65. The number of halogens is 2. The summed E-state index contributed by atoms with van der Waals surface area (Å²) in [5.74, 6) is 1.21. The van der Waals surface area contributed by atoms with E-state index in [4.69, 9.17) is 33.7 Å². The summed E-state index contributed by atoms with van der Waals surface area (Å²) in [5.41, 5.74) is 5.53. The number of benzene rings is 1. The molecule has 2 aromatic rings. The van der Waals surface area contributed by atoms with E-state index in [1.54, 1.807) is 24.3 Å². The van der Waals surface area contributed by atoms with Crippen molar-refractivity contribution in [2.45, 2.75) is 19.4 Å². The van der Waals surface area contributed by atoms with Crippen LogP contribution in [-0.2, 0) is 6.54 Å². The molecule has 0 spiro atoms. The monoisotopic (exact) mass is 299 g/mol. The van der Waals surface area contributed by atoms with Gasteiger partial charge in [-0.15, -0.1) is 0 Å². The highest BCUT2D eigenvalue weighted by atomic mass is 35.5. The third-order valence-corrected chi connectivity index (χ3v) is 3.12. The topological polar surface area (TPSA) is 53.1 Å². The minimum atomic E-state index is 0.535. The lowest BCUT2D eigenvalue weighted by atomic mass is 10.3. The number of unbranched alkanes of at least 4 members (excludes halogenated alkanes) is 1. The molecule has 0 aliphatic carbocycles. The van der Waals surface area contributed by atoms with E-state index in [9.17, 15) is 0 Å². The zero-order valence-electron chi connectivity index (χ0n) is 10.4. The molecule has 0 unspecified atom stereocenters. The van der Waals surface area contributed by atoms with Gasteiger partial charge in [-0.05, 0) is 37.1 Å². The molecule has 1 aromatic carbocycles. The number of hydrogen-bond acceptors (Lipinski definition) is 3. The molecule has 19 heavy (non-hydrogen) atoms. The number of aromatic nitrogens is 2. The van der Waals surface area contributed by atoms with Gasteiger partial charge in [0.05, 0.1) is 11.6 Å². The van der Waals surface area contributed by atoms with E-state index in [2.05, 4.69) is 5.10 Å². The third kappa shape index (κ3) is 4.33. The van der Waals surface area contributed by atoms with Crippen LogP contribution in [0.2, 0.25) is 10.0 Å². The van der Waals surface area contributed by atoms with Crippen molar-refractivity contribution in [3.8, 4) is 5.75 Å². The number of hydrogen-bond donors (Lipinski definition) is 1. The maximum absolute atomic E-state index is 6.00. The number of ether oxygens (including phenoxy) is 1. The second kappa shape index (κ2) is 6.68. The van der Waals surface area contributed by atoms with Crippen molar-refractivity contribution in [1.82, 2.24) is 9.78 Å². The van der Waals surface area contributed by atoms with E-state index in [0.717, 1.165) is 19.4 Å². The quantitative estimate of drug-likeness (QED) is 0.829. The molecule has 0 radical (unpaired) electrons. The number of rotatable bonds is 6. The van der Waals surface area contributed by atoms with E-state index >= 15 is 0 Å². The summed E-state index contributed by atoms with van der Waals surface area (Å²) >= 11 is 11.8. The highest BCUT2D eigenvalue weighted by Gasteiger charge is 2.02. The molecule has 4 nitrogen and oxygen atoms in total. The highest BCUT2D eigenvalue weighted by Crippen LogP contribution is 2.27. The van der Waals surface area contributed by atoms with Crippen LogP contribution < -0.4 is 10.5 Å². The molecule has 102 valence electrons. The van der Waals surface area contributed by atoms with Crippen molar-refractivity contribution in [3.63, 3.8) is 0 Å². The van der Waals surface area contributed by atoms with Gasteiger partial charge in [-0.3, -0.25) is 4.68 Å². The lowest BCUT2D eigenvalue weighted by molar-refractivity contribution is 0.302. The van der Waals surface area contributed by atoms with Gasteiger partial charge in [0, 0.05) is 17.8 Å². The van der Waals surface area contributed by atoms with Gasteiger partial charge < -0.3 is 10.5 Å². The van der Waals surface area contributed by atoms with E-state index in [1.807, 2.05) is 10.9 Å². The van der Waals surface area contributed by atoms with Crippen molar-refractivity contribution >= 4 is 29.0 Å². The summed E-state index contributed by atoms with van der Waals surface area (Å²) in [7, 11) is 0. The van der Waals surface area contributed by atoms with Gasteiger partial charge in [0.25, 0.3) is 0 Å². The van der Waals surface area contributed by atoms with E-state index < -0.39 is 0 Å². The Bertz CT molecular complexity index is 542. The fourth-order valence-corrected chi connectivity index (χ4v) is 2.12. The third-order valence-electron chi connectivity index (χ3n) is 2.59. The number of aryl methyl sites for hydroxylation is 1. The predicted octanol–water partition coefficient (Wildman–Crippen LogP) is 3.63. The smallest absolute Gasteiger partial charge is 0.145 e. The van der Waals surface area contributed by atoms with Crippen molar-refractivity contribution in [2.75, 3.05) is 12.3 Å². The van der Waals surface area contributed by atoms with Crippen LogP contribution >= 0.6 is 23.2 Å². The molecular weight excluding hydrogens is 285 g/mol.